The van der Waals surface area contributed by atoms with Crippen LogP contribution in [0.3, 0.4) is 0 Å². The quantitative estimate of drug-likeness (QED) is 0.216. The largest absolute Gasteiger partial charge is 0.494 e. The Morgan fingerprint density at radius 3 is 2.39 bits per heavy atom. The summed E-state index contributed by atoms with van der Waals surface area (Å²) in [6, 6.07) is 0. The van der Waals surface area contributed by atoms with Crippen molar-refractivity contribution in [3.05, 3.63) is 34.6 Å². The average Bonchev–Trinajstić information content (AvgIpc) is 2.65. The highest BCUT2D eigenvalue weighted by atomic mass is 79.9. The molecule has 0 saturated heterocycles. The SMILES string of the molecule is C=CC(C)(CP(=O)(OCC)OCC)C(OCOC)c1ncc(Br)c(C)c1OC. The molecule has 0 aromatic carbocycles. The second-order valence-electron chi connectivity index (χ2n) is 6.42. The summed E-state index contributed by atoms with van der Waals surface area (Å²) in [7, 11) is -0.273. The number of hydrogen-bond acceptors (Lipinski definition) is 7. The zero-order chi connectivity index (χ0) is 21.4. The Balaban J connectivity index is 3.49. The number of aromatic nitrogens is 1. The van der Waals surface area contributed by atoms with E-state index in [0.717, 1.165) is 10.0 Å². The summed E-state index contributed by atoms with van der Waals surface area (Å²) in [4.78, 5) is 4.53. The maximum absolute atomic E-state index is 13.2. The molecule has 0 aliphatic rings. The standard InChI is InChI=1S/C19H31BrNO6P/c1-8-19(5,12-28(22,26-9-2)27-10-3)18(25-13-23-6)16-17(24-7)14(4)15(20)11-21-16/h8,11,18H,1,9-10,12-13H2,2-7H3. The molecule has 0 N–H and O–H groups in total. The second-order valence-corrected chi connectivity index (χ2v) is 9.33. The lowest BCUT2D eigenvalue weighted by Crippen LogP contribution is -2.32. The van der Waals surface area contributed by atoms with Crippen molar-refractivity contribution in [3.63, 3.8) is 0 Å². The van der Waals surface area contributed by atoms with Crippen LogP contribution < -0.4 is 4.74 Å². The lowest BCUT2D eigenvalue weighted by atomic mass is 9.83. The summed E-state index contributed by atoms with van der Waals surface area (Å²) in [5.41, 5.74) is 0.601. The molecule has 0 aliphatic carbocycles. The Morgan fingerprint density at radius 2 is 1.93 bits per heavy atom. The fourth-order valence-electron chi connectivity index (χ4n) is 2.94. The van der Waals surface area contributed by atoms with Crippen LogP contribution in [0.4, 0.5) is 0 Å². The predicted octanol–water partition coefficient (Wildman–Crippen LogP) is 5.28. The number of methoxy groups -OCH3 is 2. The molecule has 160 valence electrons. The van der Waals surface area contributed by atoms with Crippen molar-refractivity contribution in [1.82, 2.24) is 4.98 Å². The Bertz CT molecular complexity index is 691. The average molecular weight is 480 g/mol. The molecule has 0 bridgehead atoms. The zero-order valence-corrected chi connectivity index (χ0v) is 20.0. The van der Waals surface area contributed by atoms with Crippen LogP contribution in [0.5, 0.6) is 5.75 Å². The fraction of sp³-hybridized carbons (Fsp3) is 0.632. The van der Waals surface area contributed by atoms with Crippen molar-refractivity contribution in [1.29, 1.82) is 0 Å². The van der Waals surface area contributed by atoms with Gasteiger partial charge in [-0.1, -0.05) is 13.0 Å². The number of ether oxygens (including phenoxy) is 3. The Labute approximate surface area is 176 Å². The Morgan fingerprint density at radius 1 is 1.32 bits per heavy atom. The first-order valence-corrected chi connectivity index (χ1v) is 11.5. The minimum Gasteiger partial charge on any atom is -0.494 e. The summed E-state index contributed by atoms with van der Waals surface area (Å²) >= 11 is 3.47. The maximum Gasteiger partial charge on any atom is 0.331 e. The van der Waals surface area contributed by atoms with Gasteiger partial charge in [-0.2, -0.15) is 0 Å². The van der Waals surface area contributed by atoms with Crippen molar-refractivity contribution in [2.75, 3.05) is 40.4 Å². The van der Waals surface area contributed by atoms with Gasteiger partial charge in [0.15, 0.2) is 0 Å². The van der Waals surface area contributed by atoms with Crippen LogP contribution in [0.15, 0.2) is 23.3 Å². The molecule has 0 amide bonds. The molecular weight excluding hydrogens is 449 g/mol. The molecule has 9 heteroatoms. The number of nitrogens with zero attached hydrogens (tertiary/aromatic N) is 1. The van der Waals surface area contributed by atoms with Crippen LogP contribution in [0.25, 0.3) is 0 Å². The second kappa shape index (κ2) is 11.4. The molecular formula is C19H31BrNO6P. The molecule has 1 aromatic rings. The van der Waals surface area contributed by atoms with Crippen LogP contribution in [0.1, 0.15) is 38.1 Å². The van der Waals surface area contributed by atoms with Gasteiger partial charge in [-0.3, -0.25) is 9.55 Å². The summed E-state index contributed by atoms with van der Waals surface area (Å²) in [6.07, 6.45) is 2.79. The zero-order valence-electron chi connectivity index (χ0n) is 17.5. The summed E-state index contributed by atoms with van der Waals surface area (Å²) in [5.74, 6) is 0.575. The van der Waals surface area contributed by atoms with Gasteiger partial charge in [0.1, 0.15) is 24.3 Å². The van der Waals surface area contributed by atoms with Crippen molar-refractivity contribution in [2.45, 2.75) is 33.8 Å². The molecule has 7 nitrogen and oxygen atoms in total. The number of pyridine rings is 1. The Kier molecular flexibility index (Phi) is 10.3. The van der Waals surface area contributed by atoms with E-state index < -0.39 is 19.1 Å². The number of hydrogen-bond donors (Lipinski definition) is 0. The van der Waals surface area contributed by atoms with E-state index in [1.807, 2.05) is 13.8 Å². The normalized spacial score (nSPS) is 15.1. The topological polar surface area (TPSA) is 76.1 Å². The Hall–Kier alpha value is -0.760. The van der Waals surface area contributed by atoms with Gasteiger partial charge in [-0.25, -0.2) is 0 Å². The lowest BCUT2D eigenvalue weighted by Gasteiger charge is -2.37. The van der Waals surface area contributed by atoms with Crippen molar-refractivity contribution in [3.8, 4) is 5.75 Å². The van der Waals surface area contributed by atoms with Gasteiger partial charge in [0, 0.05) is 28.8 Å². The highest BCUT2D eigenvalue weighted by Crippen LogP contribution is 2.56. The van der Waals surface area contributed by atoms with Gasteiger partial charge >= 0.3 is 7.60 Å². The van der Waals surface area contributed by atoms with Crippen LogP contribution in [0, 0.1) is 12.3 Å². The van der Waals surface area contributed by atoms with Crippen LogP contribution in [-0.4, -0.2) is 45.4 Å². The number of rotatable bonds is 13. The molecule has 2 unspecified atom stereocenters. The van der Waals surface area contributed by atoms with E-state index in [-0.39, 0.29) is 26.2 Å². The smallest absolute Gasteiger partial charge is 0.331 e. The summed E-state index contributed by atoms with van der Waals surface area (Å²) in [6.45, 7) is 11.9. The highest BCUT2D eigenvalue weighted by Gasteiger charge is 2.44. The lowest BCUT2D eigenvalue weighted by molar-refractivity contribution is -0.105. The summed E-state index contributed by atoms with van der Waals surface area (Å²) in [5, 5.41) is 0. The van der Waals surface area contributed by atoms with E-state index in [4.69, 9.17) is 23.3 Å². The maximum atomic E-state index is 13.2. The van der Waals surface area contributed by atoms with E-state index in [1.54, 1.807) is 33.2 Å². The molecule has 0 fully saturated rings. The monoisotopic (exact) mass is 479 g/mol. The van der Waals surface area contributed by atoms with Gasteiger partial charge < -0.3 is 23.3 Å². The van der Waals surface area contributed by atoms with Gasteiger partial charge in [0.05, 0.1) is 26.5 Å². The predicted molar refractivity (Wildman–Crippen MR) is 113 cm³/mol. The molecule has 0 radical (unpaired) electrons. The number of halogens is 1. The van der Waals surface area contributed by atoms with E-state index in [9.17, 15) is 4.57 Å². The van der Waals surface area contributed by atoms with Crippen LogP contribution >= 0.6 is 23.5 Å². The minimum atomic E-state index is -3.38. The van der Waals surface area contributed by atoms with E-state index in [1.165, 1.54) is 7.11 Å². The van der Waals surface area contributed by atoms with Gasteiger partial charge in [0.25, 0.3) is 0 Å². The third-order valence-electron chi connectivity index (χ3n) is 4.30. The first kappa shape index (κ1) is 25.3. The van der Waals surface area contributed by atoms with E-state index in [0.29, 0.717) is 11.4 Å². The molecule has 1 rings (SSSR count). The third kappa shape index (κ3) is 6.12. The molecule has 1 aromatic heterocycles. The summed E-state index contributed by atoms with van der Waals surface area (Å²) < 4.78 is 41.8. The molecule has 2 atom stereocenters. The highest BCUT2D eigenvalue weighted by molar-refractivity contribution is 9.10. The van der Waals surface area contributed by atoms with Gasteiger partial charge in [-0.15, -0.1) is 6.58 Å². The van der Waals surface area contributed by atoms with E-state index in [2.05, 4.69) is 27.5 Å². The molecule has 0 spiro atoms. The molecule has 28 heavy (non-hydrogen) atoms. The molecule has 0 saturated carbocycles. The fourth-order valence-corrected chi connectivity index (χ4v) is 5.39. The van der Waals surface area contributed by atoms with Crippen molar-refractivity contribution < 1.29 is 27.8 Å². The third-order valence-corrected chi connectivity index (χ3v) is 7.48. The van der Waals surface area contributed by atoms with Crippen molar-refractivity contribution >= 4 is 23.5 Å². The molecule has 0 aliphatic heterocycles. The minimum absolute atomic E-state index is 0.0155. The van der Waals surface area contributed by atoms with Crippen LogP contribution in [-0.2, 0) is 23.1 Å². The van der Waals surface area contributed by atoms with Crippen LogP contribution in [0.2, 0.25) is 0 Å². The van der Waals surface area contributed by atoms with Crippen molar-refractivity contribution in [2.24, 2.45) is 5.41 Å². The van der Waals surface area contributed by atoms with E-state index >= 15 is 0 Å². The van der Waals surface area contributed by atoms with Gasteiger partial charge in [0.2, 0.25) is 0 Å². The van der Waals surface area contributed by atoms with Gasteiger partial charge in [-0.05, 0) is 36.7 Å². The first-order valence-electron chi connectivity index (χ1n) is 9.03. The molecule has 1 heterocycles. The first-order chi connectivity index (χ1) is 13.2.